The number of aromatic nitrogens is 1. The van der Waals surface area contributed by atoms with E-state index in [9.17, 15) is 23.2 Å². The SMILES string of the molecule is COc1ccc(S(=O)(=O)N(Cc2ccncc2)[C@@H](C(=O)NO)C2CCN(C(C)=O)CC2)cc1. The van der Waals surface area contributed by atoms with Crippen molar-refractivity contribution >= 4 is 21.8 Å². The molecule has 3 rings (SSSR count). The number of nitrogens with zero attached hydrogens (tertiary/aromatic N) is 3. The number of benzene rings is 1. The molecular formula is C22H28N4O6S. The molecule has 178 valence electrons. The number of pyridine rings is 1. The molecule has 2 heterocycles. The van der Waals surface area contributed by atoms with Crippen molar-refractivity contribution in [3.8, 4) is 5.75 Å². The summed E-state index contributed by atoms with van der Waals surface area (Å²) in [4.78, 5) is 30.2. The molecule has 33 heavy (non-hydrogen) atoms. The summed E-state index contributed by atoms with van der Waals surface area (Å²) in [5.41, 5.74) is 2.28. The van der Waals surface area contributed by atoms with Gasteiger partial charge in [-0.25, -0.2) is 13.9 Å². The third-order valence-corrected chi connectivity index (χ3v) is 7.72. The van der Waals surface area contributed by atoms with Crippen LogP contribution in [0.5, 0.6) is 5.75 Å². The molecule has 10 nitrogen and oxygen atoms in total. The monoisotopic (exact) mass is 476 g/mol. The summed E-state index contributed by atoms with van der Waals surface area (Å²) in [6.07, 6.45) is 3.92. The van der Waals surface area contributed by atoms with Crippen molar-refractivity contribution in [1.29, 1.82) is 0 Å². The van der Waals surface area contributed by atoms with Gasteiger partial charge in [0.1, 0.15) is 11.8 Å². The number of likely N-dealkylation sites (tertiary alicyclic amines) is 1. The quantitative estimate of drug-likeness (QED) is 0.435. The lowest BCUT2D eigenvalue weighted by Crippen LogP contribution is -2.54. The Labute approximate surface area is 193 Å². The first-order valence-electron chi connectivity index (χ1n) is 10.5. The molecular weight excluding hydrogens is 448 g/mol. The van der Waals surface area contributed by atoms with E-state index in [0.717, 1.165) is 4.31 Å². The van der Waals surface area contributed by atoms with Gasteiger partial charge < -0.3 is 9.64 Å². The van der Waals surface area contributed by atoms with Crippen LogP contribution in [0.25, 0.3) is 0 Å². The first-order chi connectivity index (χ1) is 15.8. The molecule has 1 saturated heterocycles. The second kappa shape index (κ2) is 10.7. The standard InChI is InChI=1S/C22H28N4O6S/c1-16(27)25-13-9-18(10-14-25)21(22(28)24-29)26(15-17-7-11-23-12-8-17)33(30,31)20-5-3-19(32-2)4-6-20/h3-8,11-12,18,21,29H,9-10,13-15H2,1-2H3,(H,24,28)/t21-/m1/s1. The number of sulfonamides is 1. The fourth-order valence-electron chi connectivity index (χ4n) is 4.06. The molecule has 1 aromatic carbocycles. The highest BCUT2D eigenvalue weighted by molar-refractivity contribution is 7.89. The van der Waals surface area contributed by atoms with Crippen LogP contribution in [0.1, 0.15) is 25.3 Å². The van der Waals surface area contributed by atoms with Crippen LogP contribution in [0.2, 0.25) is 0 Å². The molecule has 0 unspecified atom stereocenters. The van der Waals surface area contributed by atoms with Crippen molar-refractivity contribution in [3.63, 3.8) is 0 Å². The number of amides is 2. The fraction of sp³-hybridized carbons (Fsp3) is 0.409. The zero-order valence-corrected chi connectivity index (χ0v) is 19.4. The molecule has 1 fully saturated rings. The van der Waals surface area contributed by atoms with Gasteiger partial charge in [-0.05, 0) is 60.7 Å². The molecule has 1 atom stereocenters. The summed E-state index contributed by atoms with van der Waals surface area (Å²) in [5, 5.41) is 9.48. The van der Waals surface area contributed by atoms with Gasteiger partial charge in [-0.2, -0.15) is 4.31 Å². The van der Waals surface area contributed by atoms with E-state index in [4.69, 9.17) is 4.74 Å². The number of piperidine rings is 1. The minimum Gasteiger partial charge on any atom is -0.497 e. The van der Waals surface area contributed by atoms with E-state index < -0.39 is 27.9 Å². The van der Waals surface area contributed by atoms with Gasteiger partial charge in [-0.3, -0.25) is 19.8 Å². The van der Waals surface area contributed by atoms with Gasteiger partial charge in [0, 0.05) is 39.0 Å². The lowest BCUT2D eigenvalue weighted by Gasteiger charge is -2.39. The fourth-order valence-corrected chi connectivity index (χ4v) is 5.70. The van der Waals surface area contributed by atoms with Crippen molar-refractivity contribution in [2.75, 3.05) is 20.2 Å². The van der Waals surface area contributed by atoms with E-state index in [1.807, 2.05) is 0 Å². The van der Waals surface area contributed by atoms with Gasteiger partial charge in [0.25, 0.3) is 5.91 Å². The van der Waals surface area contributed by atoms with Crippen LogP contribution in [-0.2, 0) is 26.2 Å². The second-order valence-electron chi connectivity index (χ2n) is 7.85. The van der Waals surface area contributed by atoms with E-state index in [1.54, 1.807) is 34.9 Å². The summed E-state index contributed by atoms with van der Waals surface area (Å²) in [6.45, 7) is 2.19. The maximum Gasteiger partial charge on any atom is 0.262 e. The highest BCUT2D eigenvalue weighted by Crippen LogP contribution is 2.31. The van der Waals surface area contributed by atoms with E-state index in [2.05, 4.69) is 4.98 Å². The Kier molecular flexibility index (Phi) is 8.01. The third-order valence-electron chi connectivity index (χ3n) is 5.87. The number of carbonyl (C=O) groups excluding carboxylic acids is 2. The zero-order chi connectivity index (χ0) is 24.0. The minimum absolute atomic E-state index is 0.00531. The lowest BCUT2D eigenvalue weighted by atomic mass is 9.88. The van der Waals surface area contributed by atoms with Crippen LogP contribution in [0, 0.1) is 5.92 Å². The average Bonchev–Trinajstić information content (AvgIpc) is 2.84. The molecule has 0 bridgehead atoms. The summed E-state index contributed by atoms with van der Waals surface area (Å²) < 4.78 is 33.7. The predicted molar refractivity (Wildman–Crippen MR) is 119 cm³/mol. The maximum atomic E-state index is 13.8. The van der Waals surface area contributed by atoms with Gasteiger partial charge in [0.05, 0.1) is 12.0 Å². The number of ether oxygens (including phenoxy) is 1. The Bertz CT molecular complexity index is 1050. The number of nitrogens with one attached hydrogen (secondary N) is 1. The minimum atomic E-state index is -4.15. The summed E-state index contributed by atoms with van der Waals surface area (Å²) in [6, 6.07) is 8.06. The second-order valence-corrected chi connectivity index (χ2v) is 9.74. The molecule has 0 radical (unpaired) electrons. The molecule has 1 aliphatic heterocycles. The third kappa shape index (κ3) is 5.67. The maximum absolute atomic E-state index is 13.8. The van der Waals surface area contributed by atoms with E-state index in [-0.39, 0.29) is 17.3 Å². The molecule has 0 saturated carbocycles. The van der Waals surface area contributed by atoms with Crippen LogP contribution in [0.3, 0.4) is 0 Å². The van der Waals surface area contributed by atoms with Crippen molar-refractivity contribution in [2.45, 2.75) is 37.2 Å². The van der Waals surface area contributed by atoms with Crippen molar-refractivity contribution < 1.29 is 28.0 Å². The molecule has 0 spiro atoms. The van der Waals surface area contributed by atoms with Crippen LogP contribution < -0.4 is 10.2 Å². The molecule has 11 heteroatoms. The normalized spacial score (nSPS) is 15.8. The van der Waals surface area contributed by atoms with Gasteiger partial charge in [0.15, 0.2) is 0 Å². The van der Waals surface area contributed by atoms with Gasteiger partial charge in [-0.15, -0.1) is 0 Å². The molecule has 1 aromatic heterocycles. The van der Waals surface area contributed by atoms with E-state index in [1.165, 1.54) is 38.3 Å². The zero-order valence-electron chi connectivity index (χ0n) is 18.5. The Hall–Kier alpha value is -3.02. The van der Waals surface area contributed by atoms with Crippen LogP contribution >= 0.6 is 0 Å². The molecule has 0 aliphatic carbocycles. The molecule has 2 amide bonds. The van der Waals surface area contributed by atoms with Gasteiger partial charge in [-0.1, -0.05) is 0 Å². The predicted octanol–water partition coefficient (Wildman–Crippen LogP) is 1.41. The summed E-state index contributed by atoms with van der Waals surface area (Å²) >= 11 is 0. The van der Waals surface area contributed by atoms with Crippen LogP contribution in [0.4, 0.5) is 0 Å². The summed E-state index contributed by atoms with van der Waals surface area (Å²) in [5.74, 6) is -0.794. The number of hydroxylamine groups is 1. The van der Waals surface area contributed by atoms with Crippen LogP contribution in [0.15, 0.2) is 53.7 Å². The van der Waals surface area contributed by atoms with E-state index >= 15 is 0 Å². The highest BCUT2D eigenvalue weighted by atomic mass is 32.2. The average molecular weight is 477 g/mol. The van der Waals surface area contributed by atoms with Crippen molar-refractivity contribution in [1.82, 2.24) is 19.7 Å². The van der Waals surface area contributed by atoms with Gasteiger partial charge >= 0.3 is 0 Å². The molecule has 1 aliphatic rings. The first kappa shape index (κ1) is 24.6. The number of carbonyl (C=O) groups is 2. The first-order valence-corrected chi connectivity index (χ1v) is 12.0. The number of hydrogen-bond donors (Lipinski definition) is 2. The largest absolute Gasteiger partial charge is 0.497 e. The number of rotatable bonds is 8. The molecule has 2 N–H and O–H groups in total. The van der Waals surface area contributed by atoms with Crippen LogP contribution in [-0.4, -0.2) is 65.9 Å². The Morgan fingerprint density at radius 3 is 2.30 bits per heavy atom. The Morgan fingerprint density at radius 1 is 1.18 bits per heavy atom. The van der Waals surface area contributed by atoms with E-state index in [0.29, 0.717) is 37.2 Å². The Balaban J connectivity index is 2.02. The lowest BCUT2D eigenvalue weighted by molar-refractivity contribution is -0.136. The molecule has 2 aromatic rings. The number of hydrogen-bond acceptors (Lipinski definition) is 7. The van der Waals surface area contributed by atoms with Gasteiger partial charge in [0.2, 0.25) is 15.9 Å². The Morgan fingerprint density at radius 2 is 1.79 bits per heavy atom. The highest BCUT2D eigenvalue weighted by Gasteiger charge is 2.42. The summed E-state index contributed by atoms with van der Waals surface area (Å²) in [7, 11) is -2.67. The topological polar surface area (TPSA) is 129 Å². The number of methoxy groups -OCH3 is 1. The van der Waals surface area contributed by atoms with Crippen molar-refractivity contribution in [3.05, 3.63) is 54.4 Å². The van der Waals surface area contributed by atoms with Crippen molar-refractivity contribution in [2.24, 2.45) is 5.92 Å². The smallest absolute Gasteiger partial charge is 0.262 e.